The van der Waals surface area contributed by atoms with Crippen molar-refractivity contribution in [1.82, 2.24) is 5.32 Å². The smallest absolute Gasteiger partial charge is 0.234 e. The number of nitrogens with two attached hydrogens (primary N) is 1. The molecular formula is C13H25N3O2. The molecular weight excluding hydrogens is 230 g/mol. The summed E-state index contributed by atoms with van der Waals surface area (Å²) in [4.78, 5) is 12.4. The zero-order chi connectivity index (χ0) is 13.8. The minimum absolute atomic E-state index is 0.0502. The molecule has 1 amide bonds. The fourth-order valence-electron chi connectivity index (χ4n) is 2.80. The highest BCUT2D eigenvalue weighted by Gasteiger charge is 2.45. The Kier molecular flexibility index (Phi) is 4.99. The molecule has 0 aromatic rings. The number of nitrogens with one attached hydrogen (secondary N) is 1. The average molecular weight is 255 g/mol. The Bertz CT molecular complexity index is 320. The second kappa shape index (κ2) is 6.07. The van der Waals surface area contributed by atoms with Crippen molar-refractivity contribution in [3.05, 3.63) is 0 Å². The van der Waals surface area contributed by atoms with E-state index in [1.807, 2.05) is 6.92 Å². The van der Waals surface area contributed by atoms with Gasteiger partial charge < -0.3 is 16.3 Å². The van der Waals surface area contributed by atoms with E-state index in [2.05, 4.69) is 24.3 Å². The van der Waals surface area contributed by atoms with Crippen molar-refractivity contribution in [1.29, 1.82) is 0 Å². The molecule has 0 aliphatic heterocycles. The zero-order valence-electron chi connectivity index (χ0n) is 11.6. The van der Waals surface area contributed by atoms with Crippen LogP contribution in [0.5, 0.6) is 0 Å². The minimum Gasteiger partial charge on any atom is -0.409 e. The molecule has 1 unspecified atom stereocenters. The Hall–Kier alpha value is -1.26. The van der Waals surface area contributed by atoms with E-state index in [0.29, 0.717) is 18.8 Å². The van der Waals surface area contributed by atoms with Gasteiger partial charge in [-0.1, -0.05) is 31.8 Å². The van der Waals surface area contributed by atoms with Crippen LogP contribution >= 0.6 is 0 Å². The standard InChI is InChI=1S/C13H25N3O2/c1-9(2)8-10(3)15-12(17)13(11(14)16-18)6-4-5-7-13/h9-10,18H,4-8H2,1-3H3,(H2,14,16)(H,15,17). The van der Waals surface area contributed by atoms with Crippen LogP contribution in [0.3, 0.4) is 0 Å². The summed E-state index contributed by atoms with van der Waals surface area (Å²) in [6.45, 7) is 6.24. The molecule has 0 radical (unpaired) electrons. The number of carbonyl (C=O) groups is 1. The van der Waals surface area contributed by atoms with E-state index in [1.165, 1.54) is 0 Å². The quantitative estimate of drug-likeness (QED) is 0.303. The molecule has 1 saturated carbocycles. The van der Waals surface area contributed by atoms with Crippen molar-refractivity contribution in [3.8, 4) is 0 Å². The number of rotatable bonds is 5. The van der Waals surface area contributed by atoms with Gasteiger partial charge in [-0.05, 0) is 32.1 Å². The van der Waals surface area contributed by atoms with Crippen LogP contribution in [0.4, 0.5) is 0 Å². The summed E-state index contributed by atoms with van der Waals surface area (Å²) in [5.74, 6) is 0.487. The first-order chi connectivity index (χ1) is 8.42. The van der Waals surface area contributed by atoms with Gasteiger partial charge in [0.05, 0.1) is 0 Å². The molecule has 0 spiro atoms. The van der Waals surface area contributed by atoms with E-state index in [0.717, 1.165) is 19.3 Å². The summed E-state index contributed by atoms with van der Waals surface area (Å²) in [5.41, 5.74) is 4.94. The first-order valence-electron chi connectivity index (χ1n) is 6.71. The van der Waals surface area contributed by atoms with Crippen molar-refractivity contribution >= 4 is 11.7 Å². The predicted molar refractivity (Wildman–Crippen MR) is 71.4 cm³/mol. The highest BCUT2D eigenvalue weighted by molar-refractivity contribution is 6.07. The molecule has 18 heavy (non-hydrogen) atoms. The molecule has 1 atom stereocenters. The molecule has 0 aromatic heterocycles. The first kappa shape index (κ1) is 14.8. The maximum Gasteiger partial charge on any atom is 0.234 e. The third kappa shape index (κ3) is 3.15. The fraction of sp³-hybridized carbons (Fsp3) is 0.846. The van der Waals surface area contributed by atoms with Crippen LogP contribution in [-0.4, -0.2) is 23.0 Å². The van der Waals surface area contributed by atoms with Crippen LogP contribution < -0.4 is 11.1 Å². The van der Waals surface area contributed by atoms with Crippen molar-refractivity contribution in [3.63, 3.8) is 0 Å². The Morgan fingerprint density at radius 3 is 2.39 bits per heavy atom. The van der Waals surface area contributed by atoms with E-state index in [1.54, 1.807) is 0 Å². The predicted octanol–water partition coefficient (Wildman–Crippen LogP) is 1.84. The van der Waals surface area contributed by atoms with Crippen molar-refractivity contribution in [2.45, 2.75) is 58.9 Å². The first-order valence-corrected chi connectivity index (χ1v) is 6.71. The summed E-state index contributed by atoms with van der Waals surface area (Å²) in [5, 5.41) is 14.9. The molecule has 0 heterocycles. The van der Waals surface area contributed by atoms with E-state index < -0.39 is 5.41 Å². The minimum atomic E-state index is -0.792. The molecule has 0 aromatic carbocycles. The van der Waals surface area contributed by atoms with E-state index in [9.17, 15) is 4.79 Å². The molecule has 5 nitrogen and oxygen atoms in total. The van der Waals surface area contributed by atoms with Gasteiger partial charge in [0.2, 0.25) is 5.91 Å². The van der Waals surface area contributed by atoms with Crippen molar-refractivity contribution in [2.75, 3.05) is 0 Å². The number of carbonyl (C=O) groups excluding carboxylic acids is 1. The second-order valence-electron chi connectivity index (χ2n) is 5.78. The Morgan fingerprint density at radius 1 is 1.39 bits per heavy atom. The fourth-order valence-corrected chi connectivity index (χ4v) is 2.80. The van der Waals surface area contributed by atoms with Crippen LogP contribution in [0.2, 0.25) is 0 Å². The summed E-state index contributed by atoms with van der Waals surface area (Å²) >= 11 is 0. The topological polar surface area (TPSA) is 87.7 Å². The highest BCUT2D eigenvalue weighted by atomic mass is 16.4. The van der Waals surface area contributed by atoms with Crippen LogP contribution in [0.15, 0.2) is 5.16 Å². The van der Waals surface area contributed by atoms with Gasteiger partial charge in [0, 0.05) is 6.04 Å². The zero-order valence-corrected chi connectivity index (χ0v) is 11.6. The lowest BCUT2D eigenvalue weighted by Gasteiger charge is -2.28. The molecule has 104 valence electrons. The third-order valence-corrected chi connectivity index (χ3v) is 3.69. The highest BCUT2D eigenvalue weighted by Crippen LogP contribution is 2.38. The van der Waals surface area contributed by atoms with Crippen LogP contribution in [-0.2, 0) is 4.79 Å². The lowest BCUT2D eigenvalue weighted by molar-refractivity contribution is -0.128. The van der Waals surface area contributed by atoms with Crippen molar-refractivity contribution < 1.29 is 10.0 Å². The molecule has 1 aliphatic carbocycles. The second-order valence-corrected chi connectivity index (χ2v) is 5.78. The van der Waals surface area contributed by atoms with Crippen LogP contribution in [0.25, 0.3) is 0 Å². The Labute approximate surface area is 109 Å². The van der Waals surface area contributed by atoms with Gasteiger partial charge in [-0.25, -0.2) is 0 Å². The van der Waals surface area contributed by atoms with Crippen LogP contribution in [0.1, 0.15) is 52.9 Å². The maximum absolute atomic E-state index is 12.4. The van der Waals surface area contributed by atoms with Gasteiger partial charge in [0.25, 0.3) is 0 Å². The van der Waals surface area contributed by atoms with Gasteiger partial charge in [-0.15, -0.1) is 0 Å². The van der Waals surface area contributed by atoms with E-state index >= 15 is 0 Å². The van der Waals surface area contributed by atoms with Crippen molar-refractivity contribution in [2.24, 2.45) is 22.2 Å². The number of oxime groups is 1. The van der Waals surface area contributed by atoms with Gasteiger partial charge in [-0.2, -0.15) is 0 Å². The normalized spacial score (nSPS) is 21.0. The lowest BCUT2D eigenvalue weighted by Crippen LogP contribution is -2.50. The summed E-state index contributed by atoms with van der Waals surface area (Å²) in [7, 11) is 0. The van der Waals surface area contributed by atoms with E-state index in [4.69, 9.17) is 10.9 Å². The Morgan fingerprint density at radius 2 is 1.94 bits per heavy atom. The van der Waals surface area contributed by atoms with Gasteiger partial charge in [0.15, 0.2) is 5.84 Å². The Balaban J connectivity index is 2.73. The number of amidine groups is 1. The summed E-state index contributed by atoms with van der Waals surface area (Å²) in [6.07, 6.45) is 4.16. The molecule has 1 rings (SSSR count). The SMILES string of the molecule is CC(C)CC(C)NC(=O)C1(/C(N)=N/O)CCCC1. The third-order valence-electron chi connectivity index (χ3n) is 3.69. The molecule has 1 aliphatic rings. The number of hydrogen-bond acceptors (Lipinski definition) is 3. The largest absolute Gasteiger partial charge is 0.409 e. The monoisotopic (exact) mass is 255 g/mol. The number of nitrogens with zero attached hydrogens (tertiary/aromatic N) is 1. The molecule has 5 heteroatoms. The molecule has 0 saturated heterocycles. The number of hydrogen-bond donors (Lipinski definition) is 3. The molecule has 1 fully saturated rings. The van der Waals surface area contributed by atoms with E-state index in [-0.39, 0.29) is 17.8 Å². The van der Waals surface area contributed by atoms with Gasteiger partial charge in [0.1, 0.15) is 5.41 Å². The van der Waals surface area contributed by atoms with Crippen LogP contribution in [0, 0.1) is 11.3 Å². The van der Waals surface area contributed by atoms with Gasteiger partial charge >= 0.3 is 0 Å². The van der Waals surface area contributed by atoms with Gasteiger partial charge in [-0.3, -0.25) is 4.79 Å². The molecule has 4 N–H and O–H groups in total. The number of amides is 1. The lowest BCUT2D eigenvalue weighted by atomic mass is 9.83. The maximum atomic E-state index is 12.4. The summed E-state index contributed by atoms with van der Waals surface area (Å²) in [6, 6.07) is 0.112. The average Bonchev–Trinajstić information content (AvgIpc) is 2.76. The molecule has 0 bridgehead atoms. The summed E-state index contributed by atoms with van der Waals surface area (Å²) < 4.78 is 0.